The Kier molecular flexibility index (Phi) is 5.72. The number of aromatic nitrogens is 2. The molecular weight excluding hydrogens is 338 g/mol. The maximum atomic E-state index is 12.2. The minimum Gasteiger partial charge on any atom is -0.355 e. The molecule has 0 fully saturated rings. The second-order valence-corrected chi connectivity index (χ2v) is 6.95. The molecule has 8 heteroatoms. The smallest absolute Gasteiger partial charge is 0.276 e. The first-order chi connectivity index (χ1) is 12.2. The highest BCUT2D eigenvalue weighted by atomic mass is 32.1. The van der Waals surface area contributed by atoms with Crippen LogP contribution in [0.3, 0.4) is 0 Å². The Bertz CT molecular complexity index is 747. The van der Waals surface area contributed by atoms with E-state index in [0.717, 1.165) is 30.0 Å². The van der Waals surface area contributed by atoms with Gasteiger partial charge in [-0.25, -0.2) is 4.98 Å². The van der Waals surface area contributed by atoms with Crippen LogP contribution in [0.2, 0.25) is 0 Å². The lowest BCUT2D eigenvalue weighted by molar-refractivity contribution is -0.122. The number of fused-ring (bicyclic) bond motifs is 1. The van der Waals surface area contributed by atoms with Gasteiger partial charge in [-0.1, -0.05) is 13.0 Å². The zero-order valence-electron chi connectivity index (χ0n) is 14.1. The zero-order valence-corrected chi connectivity index (χ0v) is 14.9. The van der Waals surface area contributed by atoms with E-state index in [9.17, 15) is 9.59 Å². The van der Waals surface area contributed by atoms with Crippen molar-refractivity contribution in [2.75, 3.05) is 25.0 Å². The molecule has 0 saturated heterocycles. The Hall–Kier alpha value is -2.32. The second-order valence-electron chi connectivity index (χ2n) is 5.87. The van der Waals surface area contributed by atoms with Gasteiger partial charge in [0.15, 0.2) is 5.13 Å². The standard InChI is InChI=1S/C17H21N5O2S/c1-2-7-19-15(23)11-22-9-6-12-14(10-22)25-17(20-12)21-16(24)13-5-3-4-8-18-13/h3-5,8H,2,6-7,9-11H2,1H3,(H,19,23)(H,20,21,24). The van der Waals surface area contributed by atoms with Gasteiger partial charge in [0.25, 0.3) is 5.91 Å². The molecular formula is C17H21N5O2S. The molecule has 0 radical (unpaired) electrons. The fourth-order valence-corrected chi connectivity index (χ4v) is 3.66. The summed E-state index contributed by atoms with van der Waals surface area (Å²) < 4.78 is 0. The summed E-state index contributed by atoms with van der Waals surface area (Å²) in [5.41, 5.74) is 1.37. The lowest BCUT2D eigenvalue weighted by atomic mass is 10.2. The fourth-order valence-electron chi connectivity index (χ4n) is 2.62. The Labute approximate surface area is 150 Å². The molecule has 0 unspecified atom stereocenters. The lowest BCUT2D eigenvalue weighted by Crippen LogP contribution is -2.39. The van der Waals surface area contributed by atoms with Crippen molar-refractivity contribution in [2.45, 2.75) is 26.3 Å². The highest BCUT2D eigenvalue weighted by Crippen LogP contribution is 2.28. The van der Waals surface area contributed by atoms with E-state index in [1.54, 1.807) is 24.4 Å². The van der Waals surface area contributed by atoms with Gasteiger partial charge in [0.2, 0.25) is 5.91 Å². The Balaban J connectivity index is 1.59. The van der Waals surface area contributed by atoms with Gasteiger partial charge in [0, 0.05) is 37.1 Å². The summed E-state index contributed by atoms with van der Waals surface area (Å²) in [5, 5.41) is 6.28. The minimum absolute atomic E-state index is 0.0542. The number of nitrogens with zero attached hydrogens (tertiary/aromatic N) is 3. The van der Waals surface area contributed by atoms with Crippen LogP contribution in [0, 0.1) is 0 Å². The average molecular weight is 359 g/mol. The van der Waals surface area contributed by atoms with Gasteiger partial charge >= 0.3 is 0 Å². The van der Waals surface area contributed by atoms with E-state index in [4.69, 9.17) is 0 Å². The molecule has 7 nitrogen and oxygen atoms in total. The Morgan fingerprint density at radius 3 is 3.00 bits per heavy atom. The molecule has 3 heterocycles. The SMILES string of the molecule is CCCNC(=O)CN1CCc2nc(NC(=O)c3ccccn3)sc2C1. The molecule has 1 aliphatic rings. The van der Waals surface area contributed by atoms with Crippen LogP contribution in [-0.2, 0) is 17.8 Å². The van der Waals surface area contributed by atoms with Crippen LogP contribution < -0.4 is 10.6 Å². The van der Waals surface area contributed by atoms with E-state index >= 15 is 0 Å². The quantitative estimate of drug-likeness (QED) is 0.819. The van der Waals surface area contributed by atoms with Crippen molar-refractivity contribution < 1.29 is 9.59 Å². The molecule has 2 amide bonds. The first-order valence-electron chi connectivity index (χ1n) is 8.35. The van der Waals surface area contributed by atoms with Gasteiger partial charge in [-0.05, 0) is 18.6 Å². The molecule has 2 N–H and O–H groups in total. The molecule has 0 bridgehead atoms. The van der Waals surface area contributed by atoms with Crippen molar-refractivity contribution in [3.8, 4) is 0 Å². The number of amides is 2. The largest absolute Gasteiger partial charge is 0.355 e. The normalized spacial score (nSPS) is 14.0. The van der Waals surface area contributed by atoms with E-state index in [2.05, 4.69) is 25.5 Å². The third kappa shape index (κ3) is 4.61. The Morgan fingerprint density at radius 1 is 1.36 bits per heavy atom. The van der Waals surface area contributed by atoms with Gasteiger partial charge in [-0.3, -0.25) is 24.8 Å². The summed E-state index contributed by atoms with van der Waals surface area (Å²) in [6.45, 7) is 4.62. The van der Waals surface area contributed by atoms with E-state index in [1.807, 2.05) is 6.92 Å². The number of hydrogen-bond donors (Lipinski definition) is 2. The summed E-state index contributed by atoms with van der Waals surface area (Å²) in [7, 11) is 0. The minimum atomic E-state index is -0.262. The molecule has 132 valence electrons. The van der Waals surface area contributed by atoms with Crippen LogP contribution >= 0.6 is 11.3 Å². The Morgan fingerprint density at radius 2 is 2.24 bits per heavy atom. The molecule has 2 aromatic heterocycles. The average Bonchev–Trinajstić information content (AvgIpc) is 3.02. The van der Waals surface area contributed by atoms with Crippen molar-refractivity contribution in [2.24, 2.45) is 0 Å². The monoisotopic (exact) mass is 359 g/mol. The molecule has 0 spiro atoms. The molecule has 1 aliphatic heterocycles. The highest BCUT2D eigenvalue weighted by molar-refractivity contribution is 7.15. The van der Waals surface area contributed by atoms with Gasteiger partial charge < -0.3 is 5.32 Å². The van der Waals surface area contributed by atoms with Gasteiger partial charge in [-0.15, -0.1) is 11.3 Å². The van der Waals surface area contributed by atoms with Crippen LogP contribution in [0.4, 0.5) is 5.13 Å². The van der Waals surface area contributed by atoms with Crippen LogP contribution in [0.15, 0.2) is 24.4 Å². The predicted octanol–water partition coefficient (Wildman–Crippen LogP) is 1.67. The molecule has 0 aliphatic carbocycles. The summed E-state index contributed by atoms with van der Waals surface area (Å²) >= 11 is 1.46. The van der Waals surface area contributed by atoms with Gasteiger partial charge in [0.05, 0.1) is 12.2 Å². The molecule has 25 heavy (non-hydrogen) atoms. The first kappa shape index (κ1) is 17.5. The van der Waals surface area contributed by atoms with Crippen molar-refractivity contribution in [1.82, 2.24) is 20.2 Å². The first-order valence-corrected chi connectivity index (χ1v) is 9.17. The number of anilines is 1. The third-order valence-electron chi connectivity index (χ3n) is 3.87. The second kappa shape index (κ2) is 8.17. The molecule has 0 atom stereocenters. The van der Waals surface area contributed by atoms with E-state index in [-0.39, 0.29) is 11.8 Å². The highest BCUT2D eigenvalue weighted by Gasteiger charge is 2.23. The van der Waals surface area contributed by atoms with Crippen LogP contribution in [0.5, 0.6) is 0 Å². The summed E-state index contributed by atoms with van der Waals surface area (Å²) in [6.07, 6.45) is 3.31. The van der Waals surface area contributed by atoms with Crippen LogP contribution in [0.1, 0.15) is 34.4 Å². The van der Waals surface area contributed by atoms with Gasteiger partial charge in [0.1, 0.15) is 5.69 Å². The van der Waals surface area contributed by atoms with Crippen molar-refractivity contribution in [1.29, 1.82) is 0 Å². The topological polar surface area (TPSA) is 87.2 Å². The number of nitrogens with one attached hydrogen (secondary N) is 2. The zero-order chi connectivity index (χ0) is 17.6. The summed E-state index contributed by atoms with van der Waals surface area (Å²) in [6, 6.07) is 5.21. The predicted molar refractivity (Wildman–Crippen MR) is 96.6 cm³/mol. The summed E-state index contributed by atoms with van der Waals surface area (Å²) in [5.74, 6) is -0.207. The van der Waals surface area contributed by atoms with Crippen LogP contribution in [0.25, 0.3) is 0 Å². The van der Waals surface area contributed by atoms with Crippen molar-refractivity contribution in [3.63, 3.8) is 0 Å². The van der Waals surface area contributed by atoms with Crippen LogP contribution in [-0.4, -0.2) is 46.3 Å². The maximum absolute atomic E-state index is 12.2. The maximum Gasteiger partial charge on any atom is 0.276 e. The number of hydrogen-bond acceptors (Lipinski definition) is 6. The van der Waals surface area contributed by atoms with Gasteiger partial charge in [-0.2, -0.15) is 0 Å². The number of thiazole rings is 1. The summed E-state index contributed by atoms with van der Waals surface area (Å²) in [4.78, 5) is 35.8. The number of carbonyl (C=O) groups excluding carboxylic acids is 2. The molecule has 3 rings (SSSR count). The molecule has 0 saturated carbocycles. The molecule has 2 aromatic rings. The lowest BCUT2D eigenvalue weighted by Gasteiger charge is -2.25. The van der Waals surface area contributed by atoms with Crippen molar-refractivity contribution >= 4 is 28.3 Å². The number of pyridine rings is 1. The van der Waals surface area contributed by atoms with E-state index in [0.29, 0.717) is 30.5 Å². The third-order valence-corrected chi connectivity index (χ3v) is 4.87. The van der Waals surface area contributed by atoms with E-state index in [1.165, 1.54) is 11.3 Å². The fraction of sp³-hybridized carbons (Fsp3) is 0.412. The number of carbonyl (C=O) groups is 2. The van der Waals surface area contributed by atoms with E-state index < -0.39 is 0 Å². The van der Waals surface area contributed by atoms with Crippen molar-refractivity contribution in [3.05, 3.63) is 40.7 Å². The number of rotatable bonds is 6. The molecule has 0 aromatic carbocycles.